The predicted molar refractivity (Wildman–Crippen MR) is 87.0 cm³/mol. The van der Waals surface area contributed by atoms with Crippen LogP contribution in [0.25, 0.3) is 0 Å². The van der Waals surface area contributed by atoms with Gasteiger partial charge in [0.25, 0.3) is 0 Å². The second kappa shape index (κ2) is 11.7. The molecular formula is C19H30O. The van der Waals surface area contributed by atoms with Crippen LogP contribution in [0.2, 0.25) is 0 Å². The summed E-state index contributed by atoms with van der Waals surface area (Å²) in [5.74, 6) is 0.501. The van der Waals surface area contributed by atoms with Gasteiger partial charge in [0, 0.05) is 12.8 Å². The fraction of sp³-hybridized carbons (Fsp3) is 0.632. The summed E-state index contributed by atoms with van der Waals surface area (Å²) in [5.41, 5.74) is 1.32. The van der Waals surface area contributed by atoms with E-state index in [1.807, 2.05) is 18.2 Å². The van der Waals surface area contributed by atoms with E-state index in [0.717, 1.165) is 25.7 Å². The maximum absolute atomic E-state index is 11.3. The van der Waals surface area contributed by atoms with E-state index in [1.54, 1.807) is 0 Å². The average Bonchev–Trinajstić information content (AvgIpc) is 2.44. The van der Waals surface area contributed by atoms with Crippen molar-refractivity contribution >= 4 is 5.78 Å². The van der Waals surface area contributed by atoms with E-state index in [1.165, 1.54) is 50.5 Å². The second-order valence-electron chi connectivity index (χ2n) is 5.88. The van der Waals surface area contributed by atoms with Crippen molar-refractivity contribution in [3.63, 3.8) is 0 Å². The molecule has 0 aromatic heterocycles. The summed E-state index contributed by atoms with van der Waals surface area (Å²) >= 11 is 0. The first-order chi connectivity index (χ1) is 9.79. The molecule has 0 aliphatic heterocycles. The lowest BCUT2D eigenvalue weighted by atomic mass is 10.0. The molecule has 1 aliphatic carbocycles. The SMILES string of the molecule is Cc1ccccc1.O=C1CCCCCCCCCCC1. The van der Waals surface area contributed by atoms with Crippen molar-refractivity contribution in [3.8, 4) is 0 Å². The van der Waals surface area contributed by atoms with Gasteiger partial charge in [-0.15, -0.1) is 0 Å². The highest BCUT2D eigenvalue weighted by Gasteiger charge is 2.02. The van der Waals surface area contributed by atoms with E-state index in [0.29, 0.717) is 5.78 Å². The zero-order valence-electron chi connectivity index (χ0n) is 13.1. The summed E-state index contributed by atoms with van der Waals surface area (Å²) < 4.78 is 0. The number of hydrogen-bond acceptors (Lipinski definition) is 1. The standard InChI is InChI=1S/C12H22O.C7H8/c13-12-10-8-6-4-2-1-3-5-7-9-11-12;1-7-5-3-2-4-6-7/h1-11H2;2-6H,1H3. The molecule has 1 aliphatic rings. The van der Waals surface area contributed by atoms with Gasteiger partial charge in [0.1, 0.15) is 5.78 Å². The highest BCUT2D eigenvalue weighted by Crippen LogP contribution is 2.14. The number of rotatable bonds is 0. The fourth-order valence-corrected chi connectivity index (χ4v) is 2.54. The Bertz CT molecular complexity index is 328. The molecule has 0 spiro atoms. The van der Waals surface area contributed by atoms with Gasteiger partial charge < -0.3 is 0 Å². The van der Waals surface area contributed by atoms with Crippen LogP contribution in [-0.2, 0) is 4.79 Å². The lowest BCUT2D eigenvalue weighted by Gasteiger charge is -2.05. The Morgan fingerprint density at radius 1 is 0.650 bits per heavy atom. The van der Waals surface area contributed by atoms with Crippen molar-refractivity contribution in [1.29, 1.82) is 0 Å². The number of ketones is 1. The summed E-state index contributed by atoms with van der Waals surface area (Å²) in [4.78, 5) is 11.3. The number of benzene rings is 1. The van der Waals surface area contributed by atoms with Gasteiger partial charge in [-0.1, -0.05) is 80.8 Å². The van der Waals surface area contributed by atoms with Crippen LogP contribution in [0.4, 0.5) is 0 Å². The predicted octanol–water partition coefficient (Wildman–Crippen LogP) is 5.86. The fourth-order valence-electron chi connectivity index (χ4n) is 2.54. The molecule has 1 fully saturated rings. The summed E-state index contributed by atoms with van der Waals surface area (Å²) in [6.45, 7) is 2.08. The topological polar surface area (TPSA) is 17.1 Å². The average molecular weight is 274 g/mol. The molecule has 0 radical (unpaired) electrons. The lowest BCUT2D eigenvalue weighted by molar-refractivity contribution is -0.119. The third kappa shape index (κ3) is 9.77. The second-order valence-corrected chi connectivity index (χ2v) is 5.88. The van der Waals surface area contributed by atoms with Gasteiger partial charge in [-0.3, -0.25) is 4.79 Å². The first-order valence-corrected chi connectivity index (χ1v) is 8.32. The van der Waals surface area contributed by atoms with Crippen molar-refractivity contribution in [2.45, 2.75) is 77.6 Å². The van der Waals surface area contributed by atoms with E-state index >= 15 is 0 Å². The van der Waals surface area contributed by atoms with Crippen molar-refractivity contribution < 1.29 is 4.79 Å². The molecule has 1 aromatic carbocycles. The van der Waals surface area contributed by atoms with Crippen LogP contribution in [0.3, 0.4) is 0 Å². The molecule has 0 bridgehead atoms. The van der Waals surface area contributed by atoms with Crippen molar-refractivity contribution in [1.82, 2.24) is 0 Å². The molecule has 0 saturated heterocycles. The van der Waals surface area contributed by atoms with Gasteiger partial charge in [0.05, 0.1) is 0 Å². The zero-order chi connectivity index (χ0) is 14.5. The van der Waals surface area contributed by atoms with Crippen molar-refractivity contribution in [2.75, 3.05) is 0 Å². The Morgan fingerprint density at radius 2 is 1.05 bits per heavy atom. The van der Waals surface area contributed by atoms with E-state index < -0.39 is 0 Å². The Balaban J connectivity index is 0.000000240. The number of hydrogen-bond donors (Lipinski definition) is 0. The number of aryl methyl sites for hydroxylation is 1. The largest absolute Gasteiger partial charge is 0.300 e. The lowest BCUT2D eigenvalue weighted by Crippen LogP contribution is -1.98. The molecular weight excluding hydrogens is 244 g/mol. The Hall–Kier alpha value is -1.11. The minimum absolute atomic E-state index is 0.501. The Kier molecular flexibility index (Phi) is 9.91. The molecule has 1 heteroatoms. The van der Waals surface area contributed by atoms with Gasteiger partial charge in [-0.25, -0.2) is 0 Å². The van der Waals surface area contributed by atoms with Crippen molar-refractivity contribution in [2.24, 2.45) is 0 Å². The van der Waals surface area contributed by atoms with Gasteiger partial charge >= 0.3 is 0 Å². The zero-order valence-corrected chi connectivity index (χ0v) is 13.1. The van der Waals surface area contributed by atoms with E-state index in [2.05, 4.69) is 19.1 Å². The Labute approximate surface area is 124 Å². The highest BCUT2D eigenvalue weighted by atomic mass is 16.1. The van der Waals surface area contributed by atoms with E-state index in [4.69, 9.17) is 0 Å². The molecule has 20 heavy (non-hydrogen) atoms. The number of carbonyl (C=O) groups is 1. The first kappa shape index (κ1) is 16.9. The summed E-state index contributed by atoms with van der Waals surface area (Å²) in [7, 11) is 0. The van der Waals surface area contributed by atoms with Gasteiger partial charge in [-0.05, 0) is 19.8 Å². The molecule has 0 N–H and O–H groups in total. The van der Waals surface area contributed by atoms with Crippen molar-refractivity contribution in [3.05, 3.63) is 35.9 Å². The normalized spacial score (nSPS) is 18.1. The van der Waals surface area contributed by atoms with E-state index in [-0.39, 0.29) is 0 Å². The first-order valence-electron chi connectivity index (χ1n) is 8.32. The number of Topliss-reactive ketones (excluding diaryl/α,β-unsaturated/α-hetero) is 1. The minimum atomic E-state index is 0.501. The van der Waals surface area contributed by atoms with E-state index in [9.17, 15) is 4.79 Å². The molecule has 0 atom stereocenters. The summed E-state index contributed by atoms with van der Waals surface area (Å²) in [6.07, 6.45) is 13.4. The smallest absolute Gasteiger partial charge is 0.132 e. The third-order valence-electron chi connectivity index (χ3n) is 3.85. The van der Waals surface area contributed by atoms with Crippen LogP contribution in [-0.4, -0.2) is 5.78 Å². The number of carbonyl (C=O) groups excluding carboxylic acids is 1. The molecule has 0 amide bonds. The van der Waals surface area contributed by atoms with Gasteiger partial charge in [-0.2, -0.15) is 0 Å². The van der Waals surface area contributed by atoms with Crippen LogP contribution in [0, 0.1) is 6.92 Å². The monoisotopic (exact) mass is 274 g/mol. The molecule has 0 unspecified atom stereocenters. The molecule has 112 valence electrons. The molecule has 1 aromatic rings. The van der Waals surface area contributed by atoms with Crippen LogP contribution >= 0.6 is 0 Å². The van der Waals surface area contributed by atoms with Gasteiger partial charge in [0.15, 0.2) is 0 Å². The molecule has 0 heterocycles. The van der Waals surface area contributed by atoms with Crippen LogP contribution in [0.1, 0.15) is 76.2 Å². The summed E-state index contributed by atoms with van der Waals surface area (Å²) in [6, 6.07) is 10.3. The van der Waals surface area contributed by atoms with Crippen LogP contribution in [0.5, 0.6) is 0 Å². The highest BCUT2D eigenvalue weighted by molar-refractivity contribution is 5.78. The maximum Gasteiger partial charge on any atom is 0.132 e. The van der Waals surface area contributed by atoms with Crippen LogP contribution < -0.4 is 0 Å². The van der Waals surface area contributed by atoms with Gasteiger partial charge in [0.2, 0.25) is 0 Å². The molecule has 2 rings (SSSR count). The molecule has 1 nitrogen and oxygen atoms in total. The third-order valence-corrected chi connectivity index (χ3v) is 3.85. The van der Waals surface area contributed by atoms with Crippen LogP contribution in [0.15, 0.2) is 30.3 Å². The Morgan fingerprint density at radius 3 is 1.40 bits per heavy atom. The molecule has 1 saturated carbocycles. The maximum atomic E-state index is 11.3. The summed E-state index contributed by atoms with van der Waals surface area (Å²) in [5, 5.41) is 0. The minimum Gasteiger partial charge on any atom is -0.300 e. The quantitative estimate of drug-likeness (QED) is 0.579.